The zero-order chi connectivity index (χ0) is 18.4. The number of carbonyl (C=O) groups is 2. The second-order valence-corrected chi connectivity index (χ2v) is 5.30. The first-order chi connectivity index (χ1) is 11.9. The van der Waals surface area contributed by atoms with Crippen molar-refractivity contribution in [2.45, 2.75) is 6.42 Å². The molecule has 2 aromatic carbocycles. The summed E-state index contributed by atoms with van der Waals surface area (Å²) in [5.41, 5.74) is 0.143. The number of carbonyl (C=O) groups excluding carboxylic acids is 2. The maximum absolute atomic E-state index is 12.9. The van der Waals surface area contributed by atoms with E-state index in [0.717, 1.165) is 12.1 Å². The van der Waals surface area contributed by atoms with E-state index in [1.807, 2.05) is 0 Å². The lowest BCUT2D eigenvalue weighted by Gasteiger charge is -2.08. The molecule has 0 aliphatic heterocycles. The first kappa shape index (κ1) is 18.3. The minimum atomic E-state index is -0.797. The van der Waals surface area contributed by atoms with Gasteiger partial charge >= 0.3 is 5.97 Å². The van der Waals surface area contributed by atoms with E-state index < -0.39 is 29.2 Å². The minimum absolute atomic E-state index is 0.000383. The number of ether oxygens (including phenoxy) is 1. The first-order valence-corrected chi connectivity index (χ1v) is 7.37. The van der Waals surface area contributed by atoms with Crippen LogP contribution in [0.3, 0.4) is 0 Å². The molecule has 0 aromatic heterocycles. The van der Waals surface area contributed by atoms with E-state index in [1.54, 1.807) is 6.07 Å². The van der Waals surface area contributed by atoms with Crippen LogP contribution >= 0.6 is 11.6 Å². The molecule has 0 saturated carbocycles. The molecule has 2 aromatic rings. The van der Waals surface area contributed by atoms with Crippen LogP contribution in [0.4, 0.5) is 15.8 Å². The lowest BCUT2D eigenvalue weighted by molar-refractivity contribution is -0.385. The molecule has 130 valence electrons. The third-order valence-corrected chi connectivity index (χ3v) is 3.41. The average molecular weight is 367 g/mol. The monoisotopic (exact) mass is 366 g/mol. The van der Waals surface area contributed by atoms with Crippen molar-refractivity contribution in [3.05, 3.63) is 69.0 Å². The van der Waals surface area contributed by atoms with Gasteiger partial charge in [0.15, 0.2) is 6.61 Å². The van der Waals surface area contributed by atoms with Gasteiger partial charge in [0.1, 0.15) is 5.82 Å². The van der Waals surface area contributed by atoms with Crippen LogP contribution in [0.5, 0.6) is 0 Å². The molecule has 0 saturated heterocycles. The topological polar surface area (TPSA) is 98.5 Å². The fraction of sp³-hybridized carbons (Fsp3) is 0.125. The molecule has 0 unspecified atom stereocenters. The molecule has 0 bridgehead atoms. The number of rotatable bonds is 6. The standard InChI is InChI=1S/C16H12ClFN2O5/c17-12-8-11(18)5-6-13(12)19-15(21)9-25-16(22)7-10-3-1-2-4-14(10)20(23)24/h1-6,8H,7,9H2,(H,19,21). The zero-order valence-electron chi connectivity index (χ0n) is 12.7. The Morgan fingerprint density at radius 1 is 1.24 bits per heavy atom. The van der Waals surface area contributed by atoms with Crippen LogP contribution in [0, 0.1) is 15.9 Å². The highest BCUT2D eigenvalue weighted by atomic mass is 35.5. The number of nitrogens with one attached hydrogen (secondary N) is 1. The highest BCUT2D eigenvalue weighted by Gasteiger charge is 2.17. The summed E-state index contributed by atoms with van der Waals surface area (Å²) < 4.78 is 17.7. The van der Waals surface area contributed by atoms with Crippen LogP contribution in [-0.2, 0) is 20.7 Å². The van der Waals surface area contributed by atoms with Crippen molar-refractivity contribution in [3.63, 3.8) is 0 Å². The Kier molecular flexibility index (Phi) is 6.02. The van der Waals surface area contributed by atoms with Crippen LogP contribution in [0.15, 0.2) is 42.5 Å². The van der Waals surface area contributed by atoms with E-state index in [1.165, 1.54) is 24.3 Å². The molecule has 9 heteroatoms. The molecular weight excluding hydrogens is 355 g/mol. The van der Waals surface area contributed by atoms with Crippen molar-refractivity contribution in [2.75, 3.05) is 11.9 Å². The van der Waals surface area contributed by atoms with Gasteiger partial charge in [0.05, 0.1) is 22.1 Å². The number of nitro groups is 1. The summed E-state index contributed by atoms with van der Waals surface area (Å²) in [6.45, 7) is -0.604. The van der Waals surface area contributed by atoms with E-state index >= 15 is 0 Å². The van der Waals surface area contributed by atoms with Crippen LogP contribution in [-0.4, -0.2) is 23.4 Å². The maximum atomic E-state index is 12.9. The predicted octanol–water partition coefficient (Wildman–Crippen LogP) is 3.11. The summed E-state index contributed by atoms with van der Waals surface area (Å²) in [5.74, 6) is -2.03. The quantitative estimate of drug-likeness (QED) is 0.481. The molecule has 0 aliphatic carbocycles. The second-order valence-electron chi connectivity index (χ2n) is 4.90. The zero-order valence-corrected chi connectivity index (χ0v) is 13.5. The van der Waals surface area contributed by atoms with E-state index in [-0.39, 0.29) is 28.4 Å². The Labute approximate surface area is 146 Å². The van der Waals surface area contributed by atoms with Gasteiger partial charge in [-0.15, -0.1) is 0 Å². The molecule has 2 rings (SSSR count). The van der Waals surface area contributed by atoms with Gasteiger partial charge in [-0.05, 0) is 18.2 Å². The first-order valence-electron chi connectivity index (χ1n) is 6.99. The summed E-state index contributed by atoms with van der Waals surface area (Å²) in [7, 11) is 0. The minimum Gasteiger partial charge on any atom is -0.455 e. The van der Waals surface area contributed by atoms with Crippen LogP contribution in [0.2, 0.25) is 5.02 Å². The number of hydrogen-bond acceptors (Lipinski definition) is 5. The van der Waals surface area contributed by atoms with Crippen molar-refractivity contribution in [3.8, 4) is 0 Å². The number of benzene rings is 2. The van der Waals surface area contributed by atoms with Crippen LogP contribution < -0.4 is 5.32 Å². The molecule has 0 spiro atoms. The number of nitrogens with zero attached hydrogens (tertiary/aromatic N) is 1. The Morgan fingerprint density at radius 2 is 1.96 bits per heavy atom. The van der Waals surface area contributed by atoms with Gasteiger partial charge in [-0.25, -0.2) is 4.39 Å². The number of hydrogen-bond donors (Lipinski definition) is 1. The second kappa shape index (κ2) is 8.20. The number of amides is 1. The number of halogens is 2. The van der Waals surface area contributed by atoms with E-state index in [9.17, 15) is 24.1 Å². The summed E-state index contributed by atoms with van der Waals surface area (Å²) >= 11 is 5.76. The summed E-state index contributed by atoms with van der Waals surface area (Å²) in [5, 5.41) is 13.2. The van der Waals surface area contributed by atoms with Crippen molar-refractivity contribution in [1.82, 2.24) is 0 Å². The number of esters is 1. The molecule has 0 aliphatic rings. The van der Waals surface area contributed by atoms with Gasteiger partial charge in [-0.3, -0.25) is 19.7 Å². The Hall–Kier alpha value is -3.00. The highest BCUT2D eigenvalue weighted by molar-refractivity contribution is 6.33. The van der Waals surface area contributed by atoms with Gasteiger partial charge in [-0.1, -0.05) is 29.8 Å². The lowest BCUT2D eigenvalue weighted by atomic mass is 10.1. The molecule has 0 fully saturated rings. The smallest absolute Gasteiger partial charge is 0.311 e. The van der Waals surface area contributed by atoms with E-state index in [0.29, 0.717) is 0 Å². The van der Waals surface area contributed by atoms with Gasteiger partial charge in [0.2, 0.25) is 0 Å². The Bertz CT molecular complexity index is 828. The van der Waals surface area contributed by atoms with Gasteiger partial charge < -0.3 is 10.1 Å². The molecule has 1 N–H and O–H groups in total. The predicted molar refractivity (Wildman–Crippen MR) is 87.8 cm³/mol. The van der Waals surface area contributed by atoms with Crippen LogP contribution in [0.1, 0.15) is 5.56 Å². The van der Waals surface area contributed by atoms with Crippen molar-refractivity contribution >= 4 is 34.9 Å². The molecule has 0 radical (unpaired) electrons. The highest BCUT2D eigenvalue weighted by Crippen LogP contribution is 2.22. The third-order valence-electron chi connectivity index (χ3n) is 3.09. The SMILES string of the molecule is O=C(COC(=O)Cc1ccccc1[N+](=O)[O-])Nc1ccc(F)cc1Cl. The van der Waals surface area contributed by atoms with Crippen molar-refractivity contribution in [1.29, 1.82) is 0 Å². The lowest BCUT2D eigenvalue weighted by Crippen LogP contribution is -2.22. The van der Waals surface area contributed by atoms with E-state index in [4.69, 9.17) is 16.3 Å². The Morgan fingerprint density at radius 3 is 2.64 bits per heavy atom. The fourth-order valence-corrected chi connectivity index (χ4v) is 2.18. The fourth-order valence-electron chi connectivity index (χ4n) is 1.97. The van der Waals surface area contributed by atoms with Gasteiger partial charge in [-0.2, -0.15) is 0 Å². The molecule has 25 heavy (non-hydrogen) atoms. The van der Waals surface area contributed by atoms with Crippen molar-refractivity contribution < 1.29 is 23.6 Å². The summed E-state index contributed by atoms with van der Waals surface area (Å²) in [6, 6.07) is 9.14. The molecular formula is C16H12ClFN2O5. The van der Waals surface area contributed by atoms with Crippen molar-refractivity contribution in [2.24, 2.45) is 0 Å². The maximum Gasteiger partial charge on any atom is 0.311 e. The Balaban J connectivity index is 1.89. The average Bonchev–Trinajstić information content (AvgIpc) is 2.56. The van der Waals surface area contributed by atoms with Gasteiger partial charge in [0.25, 0.3) is 11.6 Å². The molecule has 0 atom stereocenters. The molecule has 7 nitrogen and oxygen atoms in total. The molecule has 0 heterocycles. The number of para-hydroxylation sites is 1. The number of nitro benzene ring substituents is 1. The van der Waals surface area contributed by atoms with E-state index in [2.05, 4.69) is 5.32 Å². The largest absolute Gasteiger partial charge is 0.455 e. The molecule has 1 amide bonds. The van der Waals surface area contributed by atoms with Gasteiger partial charge in [0, 0.05) is 11.6 Å². The summed E-state index contributed by atoms with van der Waals surface area (Å²) in [4.78, 5) is 33.8. The third kappa shape index (κ3) is 5.25. The number of anilines is 1. The van der Waals surface area contributed by atoms with Crippen LogP contribution in [0.25, 0.3) is 0 Å². The normalized spacial score (nSPS) is 10.2. The summed E-state index contributed by atoms with van der Waals surface area (Å²) in [6.07, 6.45) is -0.345.